The topological polar surface area (TPSA) is 40.5 Å². The van der Waals surface area contributed by atoms with Crippen LogP contribution in [-0.4, -0.2) is 23.7 Å². The first-order valence-corrected chi connectivity index (χ1v) is 4.44. The molecule has 0 unspecified atom stereocenters. The van der Waals surface area contributed by atoms with Crippen LogP contribution in [-0.2, 0) is 4.79 Å². The number of anilines is 1. The summed E-state index contributed by atoms with van der Waals surface area (Å²) in [5, 5.41) is 9.44. The lowest BCUT2D eigenvalue weighted by Gasteiger charge is -2.14. The second kappa shape index (κ2) is 3.27. The molecule has 1 fully saturated rings. The molecule has 1 amide bonds. The van der Waals surface area contributed by atoms with Crippen molar-refractivity contribution < 1.29 is 9.90 Å². The molecule has 0 radical (unpaired) electrons. The highest BCUT2D eigenvalue weighted by atomic mass is 16.3. The van der Waals surface area contributed by atoms with Crippen LogP contribution in [0.4, 0.5) is 5.69 Å². The highest BCUT2D eigenvalue weighted by Gasteiger charge is 2.32. The smallest absolute Gasteiger partial charge is 0.256 e. The van der Waals surface area contributed by atoms with Crippen LogP contribution in [0.3, 0.4) is 0 Å². The first-order valence-electron chi connectivity index (χ1n) is 4.44. The molecular weight excluding hydrogens is 178 g/mol. The van der Waals surface area contributed by atoms with Gasteiger partial charge in [-0.1, -0.05) is 24.8 Å². The van der Waals surface area contributed by atoms with Gasteiger partial charge in [-0.2, -0.15) is 0 Å². The van der Waals surface area contributed by atoms with E-state index in [1.807, 2.05) is 30.3 Å². The highest BCUT2D eigenvalue weighted by molar-refractivity contribution is 6.08. The van der Waals surface area contributed by atoms with Crippen LogP contribution in [0.5, 0.6) is 0 Å². The minimum Gasteiger partial charge on any atom is -0.386 e. The number of hydrogen-bond donors (Lipinski definition) is 1. The van der Waals surface area contributed by atoms with E-state index in [9.17, 15) is 9.90 Å². The van der Waals surface area contributed by atoms with Crippen LogP contribution in [0.15, 0.2) is 42.5 Å². The average molecular weight is 189 g/mol. The average Bonchev–Trinajstić information content (AvgIpc) is 2.47. The van der Waals surface area contributed by atoms with E-state index in [2.05, 4.69) is 6.58 Å². The monoisotopic (exact) mass is 189 g/mol. The van der Waals surface area contributed by atoms with E-state index in [1.165, 1.54) is 4.90 Å². The summed E-state index contributed by atoms with van der Waals surface area (Å²) in [4.78, 5) is 13.1. The predicted octanol–water partition coefficient (Wildman–Crippen LogP) is 0.950. The van der Waals surface area contributed by atoms with Crippen molar-refractivity contribution in [2.24, 2.45) is 0 Å². The summed E-state index contributed by atoms with van der Waals surface area (Å²) in [6.07, 6.45) is -0.734. The molecule has 1 N–H and O–H groups in total. The number of rotatable bonds is 1. The number of carbonyl (C=O) groups is 1. The summed E-state index contributed by atoms with van der Waals surface area (Å²) < 4.78 is 0. The van der Waals surface area contributed by atoms with E-state index in [1.54, 1.807) is 0 Å². The van der Waals surface area contributed by atoms with Gasteiger partial charge in [-0.3, -0.25) is 4.79 Å². The molecule has 1 atom stereocenters. The summed E-state index contributed by atoms with van der Waals surface area (Å²) in [5.74, 6) is -0.191. The molecule has 1 aliphatic heterocycles. The number of aliphatic hydroxyl groups excluding tert-OH is 1. The van der Waals surface area contributed by atoms with E-state index in [0.29, 0.717) is 6.54 Å². The normalized spacial score (nSPS) is 21.8. The van der Waals surface area contributed by atoms with Gasteiger partial charge in [-0.25, -0.2) is 0 Å². The van der Waals surface area contributed by atoms with E-state index in [4.69, 9.17) is 0 Å². The molecule has 72 valence electrons. The van der Waals surface area contributed by atoms with Crippen LogP contribution in [0.2, 0.25) is 0 Å². The highest BCUT2D eigenvalue weighted by Crippen LogP contribution is 2.23. The van der Waals surface area contributed by atoms with Gasteiger partial charge in [0.2, 0.25) is 0 Å². The Morgan fingerprint density at radius 1 is 1.36 bits per heavy atom. The molecule has 1 aromatic carbocycles. The summed E-state index contributed by atoms with van der Waals surface area (Å²) >= 11 is 0. The van der Waals surface area contributed by atoms with Gasteiger partial charge in [0.25, 0.3) is 5.91 Å². The number of aliphatic hydroxyl groups is 1. The minimum absolute atomic E-state index is 0.191. The quantitative estimate of drug-likeness (QED) is 0.668. The lowest BCUT2D eigenvalue weighted by atomic mass is 10.2. The fourth-order valence-electron chi connectivity index (χ4n) is 1.51. The third-order valence-corrected chi connectivity index (χ3v) is 2.35. The largest absolute Gasteiger partial charge is 0.386 e. The Morgan fingerprint density at radius 3 is 2.50 bits per heavy atom. The second-order valence-corrected chi connectivity index (χ2v) is 3.29. The zero-order chi connectivity index (χ0) is 10.1. The van der Waals surface area contributed by atoms with Crippen molar-refractivity contribution in [1.82, 2.24) is 0 Å². The van der Waals surface area contributed by atoms with Gasteiger partial charge < -0.3 is 10.0 Å². The maximum Gasteiger partial charge on any atom is 0.256 e. The minimum atomic E-state index is -0.734. The third-order valence-electron chi connectivity index (χ3n) is 2.35. The molecule has 14 heavy (non-hydrogen) atoms. The van der Waals surface area contributed by atoms with E-state index < -0.39 is 6.10 Å². The lowest BCUT2D eigenvalue weighted by Crippen LogP contribution is -2.25. The Hall–Kier alpha value is -1.61. The Morgan fingerprint density at radius 2 is 2.00 bits per heavy atom. The predicted molar refractivity (Wildman–Crippen MR) is 53.9 cm³/mol. The van der Waals surface area contributed by atoms with Crippen LogP contribution in [0, 0.1) is 0 Å². The molecule has 1 aromatic rings. The van der Waals surface area contributed by atoms with Crippen molar-refractivity contribution in [3.05, 3.63) is 42.5 Å². The number of β-amino-alcohol motifs (C(OH)–C–C–N with tert-alkyl or cyclic N) is 1. The Labute approximate surface area is 82.3 Å². The van der Waals surface area contributed by atoms with E-state index >= 15 is 0 Å². The lowest BCUT2D eigenvalue weighted by molar-refractivity contribution is -0.114. The molecule has 1 heterocycles. The van der Waals surface area contributed by atoms with Gasteiger partial charge >= 0.3 is 0 Å². The maximum absolute atomic E-state index is 11.6. The van der Waals surface area contributed by atoms with Crippen molar-refractivity contribution in [2.75, 3.05) is 11.4 Å². The zero-order valence-electron chi connectivity index (χ0n) is 7.68. The van der Waals surface area contributed by atoms with Crippen molar-refractivity contribution in [1.29, 1.82) is 0 Å². The molecule has 1 aliphatic rings. The first kappa shape index (κ1) is 8.97. The molecule has 0 spiro atoms. The Balaban J connectivity index is 2.30. The summed E-state index contributed by atoms with van der Waals surface area (Å²) in [6, 6.07) is 9.27. The van der Waals surface area contributed by atoms with Crippen LogP contribution >= 0.6 is 0 Å². The van der Waals surface area contributed by atoms with Gasteiger partial charge in [-0.15, -0.1) is 0 Å². The number of nitrogens with zero attached hydrogens (tertiary/aromatic N) is 1. The van der Waals surface area contributed by atoms with Crippen molar-refractivity contribution in [3.8, 4) is 0 Å². The van der Waals surface area contributed by atoms with Crippen molar-refractivity contribution in [3.63, 3.8) is 0 Å². The number of hydrogen-bond acceptors (Lipinski definition) is 2. The fraction of sp³-hybridized carbons (Fsp3) is 0.182. The molecule has 0 aliphatic carbocycles. The Kier molecular flexibility index (Phi) is 2.09. The standard InChI is InChI=1S/C11H11NO2/c1-8-10(13)7-12(11(8)14)9-5-3-2-4-6-9/h2-6,10,13H,1,7H2/t10-/m0/s1. The summed E-state index contributed by atoms with van der Waals surface area (Å²) in [7, 11) is 0. The zero-order valence-corrected chi connectivity index (χ0v) is 7.68. The Bertz CT molecular complexity index is 372. The van der Waals surface area contributed by atoms with Crippen LogP contribution in [0.25, 0.3) is 0 Å². The third kappa shape index (κ3) is 1.32. The van der Waals surface area contributed by atoms with E-state index in [-0.39, 0.29) is 11.5 Å². The van der Waals surface area contributed by atoms with Gasteiger partial charge in [-0.05, 0) is 12.1 Å². The maximum atomic E-state index is 11.6. The van der Waals surface area contributed by atoms with Gasteiger partial charge in [0.1, 0.15) is 6.10 Å². The molecule has 1 saturated heterocycles. The fourth-order valence-corrected chi connectivity index (χ4v) is 1.51. The molecule has 2 rings (SSSR count). The van der Waals surface area contributed by atoms with Gasteiger partial charge in [0.05, 0.1) is 6.54 Å². The molecule has 3 nitrogen and oxygen atoms in total. The summed E-state index contributed by atoms with van der Waals surface area (Å²) in [6.45, 7) is 3.86. The van der Waals surface area contributed by atoms with E-state index in [0.717, 1.165) is 5.69 Å². The number of benzene rings is 1. The molecule has 3 heteroatoms. The number of para-hydroxylation sites is 1. The second-order valence-electron chi connectivity index (χ2n) is 3.29. The molecule has 0 saturated carbocycles. The van der Waals surface area contributed by atoms with Crippen LogP contribution in [0.1, 0.15) is 0 Å². The molecule has 0 aromatic heterocycles. The number of carbonyl (C=O) groups excluding carboxylic acids is 1. The molecular formula is C11H11NO2. The van der Waals surface area contributed by atoms with Gasteiger partial charge in [0.15, 0.2) is 0 Å². The van der Waals surface area contributed by atoms with Crippen molar-refractivity contribution in [2.45, 2.75) is 6.10 Å². The SMILES string of the molecule is C=C1C(=O)N(c2ccccc2)C[C@@H]1O. The summed E-state index contributed by atoms with van der Waals surface area (Å²) in [5.41, 5.74) is 1.07. The number of amides is 1. The van der Waals surface area contributed by atoms with Gasteiger partial charge in [0, 0.05) is 11.3 Å². The van der Waals surface area contributed by atoms with Crippen molar-refractivity contribution >= 4 is 11.6 Å². The first-order chi connectivity index (χ1) is 6.70. The van der Waals surface area contributed by atoms with Crippen LogP contribution < -0.4 is 4.90 Å². The molecule has 0 bridgehead atoms.